The lowest BCUT2D eigenvalue weighted by molar-refractivity contribution is -0.192. The van der Waals surface area contributed by atoms with E-state index in [1.807, 2.05) is 0 Å². The second kappa shape index (κ2) is 7.55. The van der Waals surface area contributed by atoms with Crippen LogP contribution in [0.2, 0.25) is 0 Å². The van der Waals surface area contributed by atoms with Gasteiger partial charge in [0.25, 0.3) is 0 Å². The molecule has 0 atom stereocenters. The summed E-state index contributed by atoms with van der Waals surface area (Å²) < 4.78 is 45.1. The van der Waals surface area contributed by atoms with Crippen molar-refractivity contribution in [3.05, 3.63) is 24.0 Å². The van der Waals surface area contributed by atoms with Crippen molar-refractivity contribution >= 4 is 15.9 Å². The molecule has 1 aromatic heterocycles. The summed E-state index contributed by atoms with van der Waals surface area (Å²) in [4.78, 5) is 4.26. The van der Waals surface area contributed by atoms with Gasteiger partial charge in [0.05, 0.1) is 37.3 Å². The van der Waals surface area contributed by atoms with Gasteiger partial charge in [-0.2, -0.15) is 12.7 Å². The molecule has 0 bridgehead atoms. The lowest BCUT2D eigenvalue weighted by Crippen LogP contribution is -2.37. The van der Waals surface area contributed by atoms with Gasteiger partial charge in [-0.3, -0.25) is 9.71 Å². The average Bonchev–Trinajstić information content (AvgIpc) is 3.03. The molecule has 2 aliphatic rings. The summed E-state index contributed by atoms with van der Waals surface area (Å²) in [6, 6.07) is 3.37. The zero-order valence-electron chi connectivity index (χ0n) is 14.6. The fraction of sp³-hybridized carbons (Fsp3) is 0.688. The number of hydrogen-bond acceptors (Lipinski definition) is 6. The van der Waals surface area contributed by atoms with E-state index < -0.39 is 16.0 Å². The van der Waals surface area contributed by atoms with Crippen molar-refractivity contribution in [3.8, 4) is 0 Å². The summed E-state index contributed by atoms with van der Waals surface area (Å²) in [5.41, 5.74) is 1.01. The maximum Gasteiger partial charge on any atom is 0.301 e. The molecule has 3 rings (SSSR count). The molecular formula is C16H25N3O5S. The van der Waals surface area contributed by atoms with Gasteiger partial charge in [-0.1, -0.05) is 0 Å². The molecule has 140 valence electrons. The summed E-state index contributed by atoms with van der Waals surface area (Å²) in [6.45, 7) is 1.58. The highest BCUT2D eigenvalue weighted by Gasteiger charge is 2.40. The fourth-order valence-electron chi connectivity index (χ4n) is 3.06. The summed E-state index contributed by atoms with van der Waals surface area (Å²) in [6.07, 6.45) is 5.07. The number of nitrogens with zero attached hydrogens (tertiary/aromatic N) is 2. The first-order valence-electron chi connectivity index (χ1n) is 8.44. The molecule has 1 aromatic rings. The normalized spacial score (nSPS) is 21.1. The van der Waals surface area contributed by atoms with Crippen LogP contribution in [0, 0.1) is 0 Å². The number of anilines is 1. The number of aromatic nitrogens is 1. The molecule has 1 N–H and O–H groups in total. The van der Waals surface area contributed by atoms with Crippen LogP contribution < -0.4 is 4.72 Å². The molecule has 1 saturated carbocycles. The largest absolute Gasteiger partial charge is 0.372 e. The minimum Gasteiger partial charge on any atom is -0.372 e. The number of nitrogens with one attached hydrogen (secondary N) is 1. The minimum atomic E-state index is -3.58. The fourth-order valence-corrected chi connectivity index (χ4v) is 3.70. The van der Waals surface area contributed by atoms with Crippen molar-refractivity contribution in [2.75, 3.05) is 32.0 Å². The Kier molecular flexibility index (Phi) is 5.59. The van der Waals surface area contributed by atoms with E-state index in [4.69, 9.17) is 14.2 Å². The summed E-state index contributed by atoms with van der Waals surface area (Å²) >= 11 is 0. The molecule has 1 saturated heterocycles. The molecule has 0 radical (unpaired) electrons. The highest BCUT2D eigenvalue weighted by Crippen LogP contribution is 2.37. The summed E-state index contributed by atoms with van der Waals surface area (Å²) in [5, 5.41) is 0. The van der Waals surface area contributed by atoms with Crippen molar-refractivity contribution in [2.24, 2.45) is 0 Å². The van der Waals surface area contributed by atoms with Crippen molar-refractivity contribution in [3.63, 3.8) is 0 Å². The van der Waals surface area contributed by atoms with Crippen molar-refractivity contribution in [1.29, 1.82) is 0 Å². The van der Waals surface area contributed by atoms with E-state index in [2.05, 4.69) is 9.71 Å². The Hall–Kier alpha value is -1.26. The Morgan fingerprint density at radius 3 is 2.64 bits per heavy atom. The number of rotatable bonds is 6. The van der Waals surface area contributed by atoms with Gasteiger partial charge in [0.15, 0.2) is 5.79 Å². The zero-order chi connectivity index (χ0) is 17.9. The van der Waals surface area contributed by atoms with Crippen molar-refractivity contribution in [1.82, 2.24) is 9.29 Å². The third-order valence-corrected chi connectivity index (χ3v) is 6.01. The van der Waals surface area contributed by atoms with Gasteiger partial charge in [-0.05, 0) is 25.0 Å². The first kappa shape index (κ1) is 18.5. The average molecular weight is 371 g/mol. The standard InChI is InChI=1S/C16H25N3O5S/c1-19(2)25(20,21)18-14-4-3-9-17-15(14)12-22-13-5-7-16(8-6-13)23-10-11-24-16/h3-4,9,13,18H,5-8,10-12H2,1-2H3. The third-order valence-electron chi connectivity index (χ3n) is 4.57. The van der Waals surface area contributed by atoms with Crippen LogP contribution in [0.25, 0.3) is 0 Å². The number of pyridine rings is 1. The van der Waals surface area contributed by atoms with E-state index in [9.17, 15) is 8.42 Å². The lowest BCUT2D eigenvalue weighted by Gasteiger charge is -2.35. The van der Waals surface area contributed by atoms with Crippen LogP contribution in [-0.2, 0) is 31.0 Å². The van der Waals surface area contributed by atoms with Crippen LogP contribution in [0.15, 0.2) is 18.3 Å². The molecule has 1 spiro atoms. The van der Waals surface area contributed by atoms with E-state index in [1.54, 1.807) is 18.3 Å². The minimum absolute atomic E-state index is 0.0961. The Morgan fingerprint density at radius 1 is 1.32 bits per heavy atom. The topological polar surface area (TPSA) is 90.0 Å². The quantitative estimate of drug-likeness (QED) is 0.815. The predicted molar refractivity (Wildman–Crippen MR) is 92.1 cm³/mol. The maximum absolute atomic E-state index is 12.0. The smallest absolute Gasteiger partial charge is 0.301 e. The summed E-state index contributed by atoms with van der Waals surface area (Å²) in [7, 11) is -0.633. The molecule has 8 nitrogen and oxygen atoms in total. The molecule has 0 aromatic carbocycles. The molecule has 0 unspecified atom stereocenters. The first-order valence-corrected chi connectivity index (χ1v) is 9.88. The van der Waals surface area contributed by atoms with Gasteiger partial charge < -0.3 is 14.2 Å². The number of ether oxygens (including phenoxy) is 3. The molecule has 2 fully saturated rings. The van der Waals surface area contributed by atoms with Crippen molar-refractivity contribution < 1.29 is 22.6 Å². The van der Waals surface area contributed by atoms with Gasteiger partial charge in [0.2, 0.25) is 0 Å². The van der Waals surface area contributed by atoms with Gasteiger partial charge >= 0.3 is 10.2 Å². The molecular weight excluding hydrogens is 346 g/mol. The molecule has 25 heavy (non-hydrogen) atoms. The van der Waals surface area contributed by atoms with Crippen LogP contribution >= 0.6 is 0 Å². The Labute approximate surface area is 148 Å². The van der Waals surface area contributed by atoms with Crippen LogP contribution in [0.4, 0.5) is 5.69 Å². The maximum atomic E-state index is 12.0. The van der Waals surface area contributed by atoms with E-state index in [-0.39, 0.29) is 12.7 Å². The zero-order valence-corrected chi connectivity index (χ0v) is 15.4. The van der Waals surface area contributed by atoms with E-state index in [0.29, 0.717) is 24.6 Å². The highest BCUT2D eigenvalue weighted by molar-refractivity contribution is 7.90. The van der Waals surface area contributed by atoms with Crippen LogP contribution in [0.3, 0.4) is 0 Å². The van der Waals surface area contributed by atoms with E-state index in [0.717, 1.165) is 30.0 Å². The second-order valence-corrected chi connectivity index (χ2v) is 8.39. The van der Waals surface area contributed by atoms with Crippen LogP contribution in [0.1, 0.15) is 31.4 Å². The molecule has 0 amide bonds. The van der Waals surface area contributed by atoms with Gasteiger partial charge in [-0.25, -0.2) is 0 Å². The second-order valence-electron chi connectivity index (χ2n) is 6.51. The summed E-state index contributed by atoms with van der Waals surface area (Å²) in [5.74, 6) is -0.405. The highest BCUT2D eigenvalue weighted by atomic mass is 32.2. The van der Waals surface area contributed by atoms with Crippen molar-refractivity contribution in [2.45, 2.75) is 44.2 Å². The Morgan fingerprint density at radius 2 is 2.00 bits per heavy atom. The molecule has 2 heterocycles. The number of hydrogen-bond donors (Lipinski definition) is 1. The third kappa shape index (κ3) is 4.48. The van der Waals surface area contributed by atoms with Crippen LogP contribution in [0.5, 0.6) is 0 Å². The van der Waals surface area contributed by atoms with Gasteiger partial charge in [0, 0.05) is 33.1 Å². The first-order chi connectivity index (χ1) is 11.9. The Balaban J connectivity index is 1.57. The van der Waals surface area contributed by atoms with Crippen LogP contribution in [-0.4, -0.2) is 56.9 Å². The van der Waals surface area contributed by atoms with Gasteiger partial charge in [-0.15, -0.1) is 0 Å². The van der Waals surface area contributed by atoms with E-state index >= 15 is 0 Å². The SMILES string of the molecule is CN(C)S(=O)(=O)Nc1cccnc1COC1CCC2(CC1)OCCO2. The predicted octanol–water partition coefficient (Wildman–Crippen LogP) is 1.50. The molecule has 1 aliphatic carbocycles. The lowest BCUT2D eigenvalue weighted by atomic mass is 9.92. The Bertz CT molecular complexity index is 679. The molecule has 9 heteroatoms. The van der Waals surface area contributed by atoms with Gasteiger partial charge in [0.1, 0.15) is 0 Å². The van der Waals surface area contributed by atoms with E-state index in [1.165, 1.54) is 14.1 Å². The molecule has 1 aliphatic heterocycles. The monoisotopic (exact) mass is 371 g/mol.